The molecule has 0 aliphatic heterocycles. The van der Waals surface area contributed by atoms with Crippen molar-refractivity contribution in [2.24, 2.45) is 0 Å². The number of nitrogens with zero attached hydrogens (tertiary/aromatic N) is 3. The molecule has 3 aromatic rings. The molecule has 27 heavy (non-hydrogen) atoms. The van der Waals surface area contributed by atoms with Gasteiger partial charge in [0.05, 0.1) is 19.3 Å². The summed E-state index contributed by atoms with van der Waals surface area (Å²) in [5.41, 5.74) is 2.69. The summed E-state index contributed by atoms with van der Waals surface area (Å²) in [5, 5.41) is 22.9. The van der Waals surface area contributed by atoms with Gasteiger partial charge in [0, 0.05) is 17.3 Å². The number of carboxylic acids is 1. The number of ether oxygens (including phenoxy) is 1. The molecule has 6 heteroatoms. The second kappa shape index (κ2) is 8.02. The second-order valence-electron chi connectivity index (χ2n) is 5.82. The van der Waals surface area contributed by atoms with Gasteiger partial charge < -0.3 is 9.84 Å². The van der Waals surface area contributed by atoms with Gasteiger partial charge in [0.25, 0.3) is 0 Å². The molecule has 0 saturated heterocycles. The maximum Gasteiger partial charge on any atom is 0.346 e. The predicted octanol–water partition coefficient (Wildman–Crippen LogP) is 3.60. The lowest BCUT2D eigenvalue weighted by Crippen LogP contribution is -2.00. The summed E-state index contributed by atoms with van der Waals surface area (Å²) in [6, 6.07) is 18.8. The van der Waals surface area contributed by atoms with Crippen molar-refractivity contribution in [3.8, 4) is 23.1 Å². The van der Waals surface area contributed by atoms with Gasteiger partial charge in [-0.25, -0.2) is 4.79 Å². The first kappa shape index (κ1) is 18.0. The van der Waals surface area contributed by atoms with Crippen molar-refractivity contribution < 1.29 is 14.6 Å². The highest BCUT2D eigenvalue weighted by atomic mass is 16.5. The summed E-state index contributed by atoms with van der Waals surface area (Å²) < 4.78 is 6.91. The van der Waals surface area contributed by atoms with Crippen molar-refractivity contribution in [1.82, 2.24) is 9.78 Å². The quantitative estimate of drug-likeness (QED) is 0.537. The Kier molecular flexibility index (Phi) is 5.33. The zero-order chi connectivity index (χ0) is 19.2. The normalized spacial score (nSPS) is 11.0. The molecule has 3 rings (SSSR count). The van der Waals surface area contributed by atoms with Crippen LogP contribution in [0.3, 0.4) is 0 Å². The van der Waals surface area contributed by atoms with E-state index in [1.807, 2.05) is 42.5 Å². The molecule has 1 heterocycles. The van der Waals surface area contributed by atoms with E-state index in [9.17, 15) is 9.90 Å². The van der Waals surface area contributed by atoms with Crippen molar-refractivity contribution in [3.05, 3.63) is 77.5 Å². The van der Waals surface area contributed by atoms with Crippen LogP contribution in [0.15, 0.2) is 66.4 Å². The van der Waals surface area contributed by atoms with E-state index >= 15 is 0 Å². The Labute approximate surface area is 156 Å². The van der Waals surface area contributed by atoms with Crippen LogP contribution >= 0.6 is 0 Å². The average Bonchev–Trinajstić information content (AvgIpc) is 3.09. The van der Waals surface area contributed by atoms with Crippen LogP contribution < -0.4 is 4.74 Å². The Morgan fingerprint density at radius 2 is 1.93 bits per heavy atom. The number of hydrogen-bond donors (Lipinski definition) is 1. The molecular weight excluding hydrogens is 342 g/mol. The highest BCUT2D eigenvalue weighted by Crippen LogP contribution is 2.26. The van der Waals surface area contributed by atoms with Crippen LogP contribution in [0.2, 0.25) is 0 Å². The first-order valence-electron chi connectivity index (χ1n) is 8.21. The largest absolute Gasteiger partial charge is 0.497 e. The molecule has 0 spiro atoms. The van der Waals surface area contributed by atoms with Gasteiger partial charge in [0.15, 0.2) is 0 Å². The van der Waals surface area contributed by atoms with E-state index in [4.69, 9.17) is 10.00 Å². The zero-order valence-corrected chi connectivity index (χ0v) is 14.7. The summed E-state index contributed by atoms with van der Waals surface area (Å²) >= 11 is 0. The number of nitriles is 1. The Hall–Kier alpha value is -3.85. The molecule has 1 aromatic heterocycles. The van der Waals surface area contributed by atoms with Gasteiger partial charge >= 0.3 is 5.97 Å². The van der Waals surface area contributed by atoms with Crippen LogP contribution in [0.1, 0.15) is 11.1 Å². The number of methoxy groups -OCH3 is 1. The van der Waals surface area contributed by atoms with E-state index in [0.717, 1.165) is 11.1 Å². The molecule has 1 N–H and O–H groups in total. The summed E-state index contributed by atoms with van der Waals surface area (Å²) in [5.74, 6) is -0.559. The Morgan fingerprint density at radius 3 is 2.52 bits per heavy atom. The minimum atomic E-state index is -1.27. The Morgan fingerprint density at radius 1 is 1.22 bits per heavy atom. The highest BCUT2D eigenvalue weighted by Gasteiger charge is 2.14. The number of benzene rings is 2. The highest BCUT2D eigenvalue weighted by molar-refractivity contribution is 5.97. The molecule has 2 aromatic carbocycles. The van der Waals surface area contributed by atoms with Gasteiger partial charge in [-0.2, -0.15) is 10.4 Å². The van der Waals surface area contributed by atoms with E-state index < -0.39 is 5.97 Å². The van der Waals surface area contributed by atoms with Gasteiger partial charge in [-0.15, -0.1) is 0 Å². The molecule has 0 unspecified atom stereocenters. The third kappa shape index (κ3) is 4.22. The fourth-order valence-corrected chi connectivity index (χ4v) is 2.66. The number of rotatable bonds is 6. The smallest absolute Gasteiger partial charge is 0.346 e. The van der Waals surface area contributed by atoms with E-state index in [2.05, 4.69) is 5.10 Å². The number of aliphatic carboxylic acids is 1. The van der Waals surface area contributed by atoms with Crippen molar-refractivity contribution in [2.45, 2.75) is 6.54 Å². The fraction of sp³-hybridized carbons (Fsp3) is 0.0952. The molecular formula is C21H17N3O3. The SMILES string of the molecule is COc1ccc(-c2nn(Cc3ccccc3)cc2/C=C(\C#N)C(=O)O)cc1. The van der Waals surface area contributed by atoms with Crippen molar-refractivity contribution in [1.29, 1.82) is 5.26 Å². The van der Waals surface area contributed by atoms with Crippen molar-refractivity contribution in [3.63, 3.8) is 0 Å². The maximum absolute atomic E-state index is 11.2. The molecule has 0 fully saturated rings. The first-order valence-corrected chi connectivity index (χ1v) is 8.21. The van der Waals surface area contributed by atoms with Gasteiger partial charge in [0.2, 0.25) is 0 Å². The predicted molar refractivity (Wildman–Crippen MR) is 101 cm³/mol. The fourth-order valence-electron chi connectivity index (χ4n) is 2.66. The summed E-state index contributed by atoms with van der Waals surface area (Å²) in [6.45, 7) is 0.535. The Balaban J connectivity index is 2.05. The third-order valence-electron chi connectivity index (χ3n) is 3.99. The Bertz CT molecular complexity index is 1010. The van der Waals surface area contributed by atoms with Crippen molar-refractivity contribution >= 4 is 12.0 Å². The standard InChI is InChI=1S/C21H17N3O3/c1-27-19-9-7-16(8-10-19)20-18(11-17(12-22)21(25)26)14-24(23-20)13-15-5-3-2-4-6-15/h2-11,14H,13H2,1H3,(H,25,26)/b17-11+. The topological polar surface area (TPSA) is 88.1 Å². The molecule has 6 nitrogen and oxygen atoms in total. The minimum absolute atomic E-state index is 0.343. The third-order valence-corrected chi connectivity index (χ3v) is 3.99. The number of aromatic nitrogens is 2. The van der Waals surface area contributed by atoms with Gasteiger partial charge in [0.1, 0.15) is 17.4 Å². The van der Waals surface area contributed by atoms with Gasteiger partial charge in [-0.05, 0) is 35.9 Å². The molecule has 0 aliphatic rings. The molecule has 0 aliphatic carbocycles. The lowest BCUT2D eigenvalue weighted by molar-refractivity contribution is -0.132. The molecule has 0 atom stereocenters. The lowest BCUT2D eigenvalue weighted by atomic mass is 10.1. The van der Waals surface area contributed by atoms with Crippen LogP contribution in [0, 0.1) is 11.3 Å². The number of carbonyl (C=O) groups is 1. The van der Waals surface area contributed by atoms with E-state index in [1.54, 1.807) is 36.2 Å². The van der Waals surface area contributed by atoms with Gasteiger partial charge in [-0.3, -0.25) is 4.68 Å². The molecule has 0 bridgehead atoms. The second-order valence-corrected chi connectivity index (χ2v) is 5.82. The van der Waals surface area contributed by atoms with Crippen LogP contribution in [0.25, 0.3) is 17.3 Å². The molecule has 0 radical (unpaired) electrons. The summed E-state index contributed by atoms with van der Waals surface area (Å²) in [4.78, 5) is 11.2. The monoisotopic (exact) mass is 359 g/mol. The summed E-state index contributed by atoms with van der Waals surface area (Å²) in [6.07, 6.45) is 3.09. The van der Waals surface area contributed by atoms with Crippen LogP contribution in [-0.4, -0.2) is 28.0 Å². The van der Waals surface area contributed by atoms with E-state index in [1.165, 1.54) is 6.08 Å². The average molecular weight is 359 g/mol. The first-order chi connectivity index (χ1) is 13.1. The van der Waals surface area contributed by atoms with E-state index in [-0.39, 0.29) is 5.57 Å². The van der Waals surface area contributed by atoms with Gasteiger partial charge in [-0.1, -0.05) is 30.3 Å². The molecule has 134 valence electrons. The van der Waals surface area contributed by atoms with E-state index in [0.29, 0.717) is 23.6 Å². The van der Waals surface area contributed by atoms with Crippen LogP contribution in [0.4, 0.5) is 0 Å². The number of hydrogen-bond acceptors (Lipinski definition) is 4. The molecule has 0 saturated carbocycles. The minimum Gasteiger partial charge on any atom is -0.497 e. The van der Waals surface area contributed by atoms with Crippen LogP contribution in [0.5, 0.6) is 5.75 Å². The lowest BCUT2D eigenvalue weighted by Gasteiger charge is -2.03. The molecule has 0 amide bonds. The summed E-state index contributed by atoms with van der Waals surface area (Å²) in [7, 11) is 1.59. The zero-order valence-electron chi connectivity index (χ0n) is 14.7. The van der Waals surface area contributed by atoms with Crippen molar-refractivity contribution in [2.75, 3.05) is 7.11 Å². The maximum atomic E-state index is 11.2. The van der Waals surface area contributed by atoms with Crippen LogP contribution in [-0.2, 0) is 11.3 Å². The number of carboxylic acid groups (broad SMARTS) is 1.